The Kier molecular flexibility index (Phi) is 7.14. The normalized spacial score (nSPS) is 15.4. The summed E-state index contributed by atoms with van der Waals surface area (Å²) < 4.78 is 0. The van der Waals surface area contributed by atoms with Crippen LogP contribution in [0.5, 0.6) is 0 Å². The minimum absolute atomic E-state index is 0. The number of hydrogen-bond donors (Lipinski definition) is 2. The molecule has 1 aliphatic carbocycles. The molecule has 143 valence electrons. The molecule has 0 aromatic heterocycles. The minimum atomic E-state index is -0.537. The van der Waals surface area contributed by atoms with Gasteiger partial charge in [-0.2, -0.15) is 17.3 Å². The van der Waals surface area contributed by atoms with Gasteiger partial charge in [0.25, 0.3) is 0 Å². The van der Waals surface area contributed by atoms with Gasteiger partial charge in [0.2, 0.25) is 0 Å². The summed E-state index contributed by atoms with van der Waals surface area (Å²) >= 11 is 0. The largest absolute Gasteiger partial charge is 0.704 e. The van der Waals surface area contributed by atoms with Gasteiger partial charge in [-0.25, -0.2) is 0 Å². The van der Waals surface area contributed by atoms with Gasteiger partial charge in [0.05, 0.1) is 11.9 Å². The Hall–Kier alpha value is -2.20. The first kappa shape index (κ1) is 21.1. The molecule has 1 unspecified atom stereocenters. The quantitative estimate of drug-likeness (QED) is 0.428. The van der Waals surface area contributed by atoms with Gasteiger partial charge in [-0.1, -0.05) is 23.8 Å². The molecule has 0 saturated carbocycles. The van der Waals surface area contributed by atoms with Gasteiger partial charge in [0, 0.05) is 31.2 Å². The van der Waals surface area contributed by atoms with Crippen LogP contribution in [0.15, 0.2) is 59.1 Å². The van der Waals surface area contributed by atoms with Crippen LogP contribution in [-0.2, 0) is 26.5 Å². The zero-order valence-corrected chi connectivity index (χ0v) is 17.9. The Labute approximate surface area is 172 Å². The van der Waals surface area contributed by atoms with Crippen LogP contribution in [0.25, 0.3) is 22.2 Å². The van der Waals surface area contributed by atoms with Crippen molar-refractivity contribution in [1.82, 2.24) is 0 Å². The molecule has 0 amide bonds. The van der Waals surface area contributed by atoms with Crippen molar-refractivity contribution in [3.8, 4) is 0 Å². The molecule has 1 aliphatic heterocycles. The molecule has 1 heterocycles. The van der Waals surface area contributed by atoms with E-state index in [0.717, 1.165) is 28.5 Å². The third-order valence-electron chi connectivity index (χ3n) is 4.09. The molecule has 4 nitrogen and oxygen atoms in total. The molecule has 0 spiro atoms. The molecule has 4 rings (SSSR count). The van der Waals surface area contributed by atoms with Crippen molar-refractivity contribution in [2.45, 2.75) is 33.3 Å². The summed E-state index contributed by atoms with van der Waals surface area (Å²) in [4.78, 5) is 4.69. The first-order chi connectivity index (χ1) is 12.5. The van der Waals surface area contributed by atoms with Crippen LogP contribution in [0.3, 0.4) is 0 Å². The van der Waals surface area contributed by atoms with Gasteiger partial charge in [-0.15, -0.1) is 29.7 Å². The van der Waals surface area contributed by atoms with Crippen molar-refractivity contribution in [2.24, 2.45) is 4.99 Å². The number of hydrogen-bond acceptors (Lipinski definition) is 3. The van der Waals surface area contributed by atoms with E-state index in [9.17, 15) is 0 Å². The monoisotopic (exact) mass is 539 g/mol. The Morgan fingerprint density at radius 2 is 2.19 bits per heavy atom. The average molecular weight is 539 g/mol. The van der Waals surface area contributed by atoms with Gasteiger partial charge >= 0.3 is 0 Å². The second-order valence-corrected chi connectivity index (χ2v) is 6.41. The topological polar surface area (TPSA) is 66.9 Å². The van der Waals surface area contributed by atoms with E-state index < -0.39 is 6.10 Å². The molecule has 5 heteroatoms. The molecule has 0 saturated heterocycles. The number of benzene rings is 2. The molecule has 2 aromatic carbocycles. The van der Waals surface area contributed by atoms with Crippen LogP contribution in [0, 0.1) is 6.07 Å². The average Bonchev–Trinajstić information content (AvgIpc) is 2.61. The van der Waals surface area contributed by atoms with E-state index in [0.29, 0.717) is 0 Å². The predicted molar refractivity (Wildman–Crippen MR) is 106 cm³/mol. The Bertz CT molecular complexity index is 1050. The molecule has 0 bridgehead atoms. The van der Waals surface area contributed by atoms with Crippen LogP contribution in [0.2, 0.25) is 0 Å². The second kappa shape index (κ2) is 9.14. The molecule has 1 radical (unpaired) electrons. The summed E-state index contributed by atoms with van der Waals surface area (Å²) in [5.74, 6) is 0.162. The zero-order chi connectivity index (χ0) is 18.7. The number of aliphatic hydroxyl groups is 2. The van der Waals surface area contributed by atoms with Gasteiger partial charge in [0.1, 0.15) is 0 Å². The van der Waals surface area contributed by atoms with Crippen LogP contribution < -0.4 is 10.6 Å². The fourth-order valence-corrected chi connectivity index (χ4v) is 3.12. The van der Waals surface area contributed by atoms with E-state index >= 15 is 0 Å². The summed E-state index contributed by atoms with van der Waals surface area (Å²) in [7, 11) is 0. The van der Waals surface area contributed by atoms with E-state index in [1.54, 1.807) is 6.92 Å². The summed E-state index contributed by atoms with van der Waals surface area (Å²) in [6.07, 6.45) is 10.0. The van der Waals surface area contributed by atoms with Crippen LogP contribution >= 0.6 is 0 Å². The first-order valence-corrected chi connectivity index (χ1v) is 8.61. The number of allylic oxidation sites excluding steroid dienone is 4. The van der Waals surface area contributed by atoms with Crippen molar-refractivity contribution in [1.29, 1.82) is 0 Å². The molecule has 0 fully saturated rings. The number of rotatable bonds is 1. The summed E-state index contributed by atoms with van der Waals surface area (Å²) in [5, 5.41) is 26.0. The Balaban J connectivity index is 0.000000285. The van der Waals surface area contributed by atoms with Gasteiger partial charge in [-0.05, 0) is 38.5 Å². The van der Waals surface area contributed by atoms with Crippen molar-refractivity contribution >= 4 is 22.5 Å². The van der Waals surface area contributed by atoms with E-state index in [1.807, 2.05) is 25.3 Å². The van der Waals surface area contributed by atoms with Crippen molar-refractivity contribution in [3.63, 3.8) is 0 Å². The Morgan fingerprint density at radius 3 is 2.85 bits per heavy atom. The maximum atomic E-state index is 8.49. The summed E-state index contributed by atoms with van der Waals surface area (Å²) in [6.45, 7) is 5.09. The molecule has 2 N–H and O–H groups in total. The standard InChI is InChI=1S/C17H12N2.C5H10O2.Ir/c1-11-10-18-16-14-8-4-2-6-12(14)13-7-3-5-9-15(13)17(16)19-11;1-4(6)3-5(2)7;/h2-6,9-10H,7H2,1H3;3-4,6-7H,1-2H3;/q-2;;. The second-order valence-electron chi connectivity index (χ2n) is 6.41. The van der Waals surface area contributed by atoms with Crippen molar-refractivity contribution in [2.75, 3.05) is 0 Å². The fourth-order valence-electron chi connectivity index (χ4n) is 3.12. The summed E-state index contributed by atoms with van der Waals surface area (Å²) in [6, 6.07) is 9.45. The molecular weight excluding hydrogens is 516 g/mol. The zero-order valence-electron chi connectivity index (χ0n) is 15.5. The number of fused-ring (bicyclic) bond motifs is 6. The van der Waals surface area contributed by atoms with Crippen LogP contribution in [-0.4, -0.2) is 16.3 Å². The molecular formula is C22H22IrN2O2-2. The molecule has 27 heavy (non-hydrogen) atoms. The van der Waals surface area contributed by atoms with E-state index in [-0.39, 0.29) is 25.9 Å². The van der Waals surface area contributed by atoms with Crippen LogP contribution in [0.1, 0.15) is 26.3 Å². The predicted octanol–water partition coefficient (Wildman–Crippen LogP) is 3.86. The molecule has 2 aliphatic rings. The minimum Gasteiger partial charge on any atom is -0.704 e. The smallest absolute Gasteiger partial charge is 0.0877 e. The van der Waals surface area contributed by atoms with E-state index in [4.69, 9.17) is 15.2 Å². The van der Waals surface area contributed by atoms with E-state index in [2.05, 4.69) is 35.7 Å². The Morgan fingerprint density at radius 1 is 1.41 bits per heavy atom. The third-order valence-corrected chi connectivity index (χ3v) is 4.09. The first-order valence-electron chi connectivity index (χ1n) is 8.61. The van der Waals surface area contributed by atoms with E-state index in [1.165, 1.54) is 29.2 Å². The maximum absolute atomic E-state index is 8.49. The van der Waals surface area contributed by atoms with Gasteiger partial charge < -0.3 is 15.5 Å². The third kappa shape index (κ3) is 4.75. The summed E-state index contributed by atoms with van der Waals surface area (Å²) in [5.41, 5.74) is 3.24. The van der Waals surface area contributed by atoms with Crippen molar-refractivity contribution < 1.29 is 30.3 Å². The SMILES string of the molecule is CC(O)=CC(C)O.CC1=C[N-]c2c(c3c(c4ccc[c-]c24)CC=CC=3)=N1.[Ir]. The molecule has 2 aromatic rings. The number of nitrogens with zero attached hydrogens (tertiary/aromatic N) is 2. The van der Waals surface area contributed by atoms with Gasteiger partial charge in [-0.3, -0.25) is 4.99 Å². The van der Waals surface area contributed by atoms with Crippen LogP contribution in [0.4, 0.5) is 5.69 Å². The van der Waals surface area contributed by atoms with Crippen molar-refractivity contribution in [3.05, 3.63) is 81.6 Å². The fraction of sp³-hybridized carbons (Fsp3) is 0.227. The van der Waals surface area contributed by atoms with Gasteiger partial charge in [0.15, 0.2) is 0 Å². The number of aliphatic hydroxyl groups excluding tert-OH is 2. The molecule has 1 atom stereocenters. The maximum Gasteiger partial charge on any atom is 0.0877 e.